The molecule has 0 spiro atoms. The van der Waals surface area contributed by atoms with Crippen LogP contribution in [0.15, 0.2) is 42.5 Å². The van der Waals surface area contributed by atoms with E-state index in [-0.39, 0.29) is 31.0 Å². The summed E-state index contributed by atoms with van der Waals surface area (Å²) in [4.78, 5) is 56.8. The maximum absolute atomic E-state index is 14.5. The van der Waals surface area contributed by atoms with Crippen molar-refractivity contribution in [1.82, 2.24) is 10.2 Å². The number of aliphatic hydroxyl groups is 1. The van der Waals surface area contributed by atoms with Gasteiger partial charge in [-0.05, 0) is 79.6 Å². The van der Waals surface area contributed by atoms with Crippen molar-refractivity contribution in [3.05, 3.63) is 48.0 Å². The Kier molecular flexibility index (Phi) is 15.7. The number of alkyl carbamates (subject to hydrolysis) is 1. The van der Waals surface area contributed by atoms with Crippen molar-refractivity contribution in [1.29, 1.82) is 0 Å². The molecule has 1 aromatic rings. The Morgan fingerprint density at radius 3 is 2.32 bits per heavy atom. The molecule has 0 aliphatic carbocycles. The summed E-state index contributed by atoms with van der Waals surface area (Å²) in [5, 5.41) is 14.9. The smallest absolute Gasteiger partial charge is 0.408 e. The zero-order chi connectivity index (χ0) is 41.5. The van der Waals surface area contributed by atoms with E-state index in [4.69, 9.17) is 28.4 Å². The highest BCUT2D eigenvalue weighted by Gasteiger charge is 2.57. The molecular formula is C43H66N2O11. The van der Waals surface area contributed by atoms with E-state index in [0.29, 0.717) is 18.4 Å². The van der Waals surface area contributed by atoms with Crippen molar-refractivity contribution in [2.75, 3.05) is 20.7 Å². The number of rotatable bonds is 11. The number of carbonyl (C=O) groups excluding carboxylic acids is 4. The third kappa shape index (κ3) is 10.2. The first-order valence-corrected chi connectivity index (χ1v) is 20.3. The van der Waals surface area contributed by atoms with Crippen LogP contribution in [-0.4, -0.2) is 115 Å². The normalized spacial score (nSPS) is 38.7. The number of hydrogen-bond donors (Lipinski definition) is 2. The summed E-state index contributed by atoms with van der Waals surface area (Å²) in [5.74, 6) is -4.65. The second-order valence-corrected chi connectivity index (χ2v) is 16.7. The summed E-state index contributed by atoms with van der Waals surface area (Å²) in [5.41, 5.74) is -2.26. The number of esters is 2. The maximum atomic E-state index is 14.5. The molecule has 56 heavy (non-hydrogen) atoms. The Morgan fingerprint density at radius 1 is 1.02 bits per heavy atom. The van der Waals surface area contributed by atoms with Crippen molar-refractivity contribution in [3.63, 3.8) is 0 Å². The fourth-order valence-corrected chi connectivity index (χ4v) is 8.75. The lowest BCUT2D eigenvalue weighted by Gasteiger charge is -2.49. The number of nitrogens with zero attached hydrogens (tertiary/aromatic N) is 1. The minimum Gasteiger partial charge on any atom is -0.458 e. The lowest BCUT2D eigenvalue weighted by molar-refractivity contribution is -0.302. The maximum Gasteiger partial charge on any atom is 0.408 e. The Labute approximate surface area is 333 Å². The molecule has 1 aromatic carbocycles. The molecule has 0 saturated carbocycles. The third-order valence-electron chi connectivity index (χ3n) is 12.0. The number of cyclic esters (lactones) is 1. The number of hydrogen-bond acceptors (Lipinski definition) is 12. The van der Waals surface area contributed by atoms with Crippen LogP contribution >= 0.6 is 0 Å². The van der Waals surface area contributed by atoms with E-state index < -0.39 is 89.7 Å². The van der Waals surface area contributed by atoms with Gasteiger partial charge in [0.2, 0.25) is 0 Å². The lowest BCUT2D eigenvalue weighted by Crippen LogP contribution is -2.61. The van der Waals surface area contributed by atoms with Crippen LogP contribution in [0.4, 0.5) is 4.79 Å². The number of amides is 1. The number of allylic oxidation sites excluding steroid dienone is 1. The number of carbonyl (C=O) groups is 4. The van der Waals surface area contributed by atoms with Crippen LogP contribution in [-0.2, 0) is 38.0 Å². The van der Waals surface area contributed by atoms with Gasteiger partial charge in [0.05, 0.1) is 54.1 Å². The van der Waals surface area contributed by atoms with Crippen LogP contribution in [0.2, 0.25) is 0 Å². The van der Waals surface area contributed by atoms with E-state index in [1.807, 2.05) is 64.9 Å². The van der Waals surface area contributed by atoms with Gasteiger partial charge in [-0.3, -0.25) is 9.59 Å². The summed E-state index contributed by atoms with van der Waals surface area (Å²) < 4.78 is 38.3. The minimum atomic E-state index is -1.35. The number of nitrogens with one attached hydrogen (secondary N) is 1. The molecule has 2 N–H and O–H groups in total. The molecule has 3 aliphatic rings. The summed E-state index contributed by atoms with van der Waals surface area (Å²) in [7, 11) is 3.81. The zero-order valence-corrected chi connectivity index (χ0v) is 35.2. The van der Waals surface area contributed by atoms with Gasteiger partial charge < -0.3 is 43.7 Å². The quantitative estimate of drug-likeness (QED) is 0.157. The van der Waals surface area contributed by atoms with Crippen molar-refractivity contribution in [2.45, 2.75) is 155 Å². The number of unbranched alkanes of at least 4 members (excludes halogenated alkanes) is 1. The largest absolute Gasteiger partial charge is 0.458 e. The van der Waals surface area contributed by atoms with E-state index >= 15 is 0 Å². The summed E-state index contributed by atoms with van der Waals surface area (Å²) in [6.07, 6.45) is 0.421. The third-order valence-corrected chi connectivity index (χ3v) is 12.0. The molecule has 314 valence electrons. The fourth-order valence-electron chi connectivity index (χ4n) is 8.75. The molecule has 14 atom stereocenters. The van der Waals surface area contributed by atoms with E-state index in [9.17, 15) is 24.3 Å². The molecule has 4 rings (SSSR count). The van der Waals surface area contributed by atoms with Gasteiger partial charge in [0, 0.05) is 17.8 Å². The number of fused-ring (bicyclic) bond motifs is 1. The lowest BCUT2D eigenvalue weighted by atomic mass is 9.73. The van der Waals surface area contributed by atoms with Crippen LogP contribution in [0.25, 0.3) is 0 Å². The van der Waals surface area contributed by atoms with E-state index in [1.165, 1.54) is 0 Å². The van der Waals surface area contributed by atoms with Gasteiger partial charge >= 0.3 is 18.0 Å². The van der Waals surface area contributed by atoms with Gasteiger partial charge in [-0.15, -0.1) is 0 Å². The average molecular weight is 787 g/mol. The molecule has 0 aromatic heterocycles. The molecule has 0 radical (unpaired) electrons. The second kappa shape index (κ2) is 19.4. The molecule has 3 fully saturated rings. The summed E-state index contributed by atoms with van der Waals surface area (Å²) in [6, 6.07) is 7.58. The van der Waals surface area contributed by atoms with Crippen molar-refractivity contribution >= 4 is 23.8 Å². The first-order chi connectivity index (χ1) is 26.4. The van der Waals surface area contributed by atoms with Crippen LogP contribution in [0, 0.1) is 23.7 Å². The molecule has 3 heterocycles. The number of benzene rings is 1. The standard InChI is InChI=1S/C43H66N2O11/c1-12-14-15-19-22-51-42(8)24-25(3)33(46)27(5)36-43(9,56-41(50)44-36)32(13-2)53-38(48)29(7)34(47)28(6)37(42)55-40-35(31(45(10)11)23-26(4)52-40)54-39(49)30-20-17-16-18-21-30/h15-21,25-29,31-32,34-37,40,47H,12-14,22-24H2,1-11H3,(H,44,50)/b19-15+/t25-,26-,27-,28+,29-,31+,32+,34-,35-,36-,37-,40+,42+,43-/m1/s1. The predicted molar refractivity (Wildman–Crippen MR) is 210 cm³/mol. The van der Waals surface area contributed by atoms with Gasteiger partial charge in [0.1, 0.15) is 11.9 Å². The number of aliphatic hydroxyl groups excluding tert-OH is 1. The highest BCUT2D eigenvalue weighted by molar-refractivity contribution is 5.89. The first kappa shape index (κ1) is 45.3. The van der Waals surface area contributed by atoms with Gasteiger partial charge in [-0.2, -0.15) is 0 Å². The minimum absolute atomic E-state index is 0.141. The van der Waals surface area contributed by atoms with Gasteiger partial charge in [0.25, 0.3) is 0 Å². The molecule has 3 aliphatic heterocycles. The van der Waals surface area contributed by atoms with Crippen molar-refractivity contribution < 1.29 is 52.7 Å². The van der Waals surface area contributed by atoms with Gasteiger partial charge in [-0.25, -0.2) is 9.59 Å². The molecule has 3 saturated heterocycles. The second-order valence-electron chi connectivity index (χ2n) is 16.7. The van der Waals surface area contributed by atoms with Crippen LogP contribution < -0.4 is 5.32 Å². The van der Waals surface area contributed by atoms with E-state index in [2.05, 4.69) is 12.2 Å². The summed E-state index contributed by atoms with van der Waals surface area (Å²) in [6.45, 7) is 16.4. The zero-order valence-electron chi connectivity index (χ0n) is 35.2. The van der Waals surface area contributed by atoms with Crippen LogP contribution in [0.1, 0.15) is 105 Å². The fraction of sp³-hybridized carbons (Fsp3) is 0.721. The van der Waals surface area contributed by atoms with Crippen LogP contribution in [0.5, 0.6) is 0 Å². The van der Waals surface area contributed by atoms with Crippen LogP contribution in [0.3, 0.4) is 0 Å². The Morgan fingerprint density at radius 2 is 1.70 bits per heavy atom. The highest BCUT2D eigenvalue weighted by Crippen LogP contribution is 2.41. The molecule has 0 bridgehead atoms. The van der Waals surface area contributed by atoms with E-state index in [1.54, 1.807) is 52.0 Å². The van der Waals surface area contributed by atoms with Crippen molar-refractivity contribution in [2.24, 2.45) is 23.7 Å². The Hall–Kier alpha value is -3.36. The predicted octanol–water partition coefficient (Wildman–Crippen LogP) is 5.86. The SMILES string of the molecule is CCC/C=C/CO[C@@]1(C)C[C@@H](C)C(=O)[C@@H](C)[C@H]2NC(=O)O[C@]2(C)[C@H](CC)OC(=O)[C@H](C)[C@H](O)[C@H](C)[C@H]1O[C@@H]1O[C@H](C)C[C@H](N(C)C)[C@H]1OC(=O)c1ccccc1. The topological polar surface area (TPSA) is 159 Å². The van der Waals surface area contributed by atoms with Gasteiger partial charge in [0.15, 0.2) is 18.0 Å². The molecular weight excluding hydrogens is 720 g/mol. The molecule has 13 heteroatoms. The number of Topliss-reactive ketones (excluding diaryl/α,β-unsaturated/α-hetero) is 1. The van der Waals surface area contributed by atoms with E-state index in [0.717, 1.165) is 12.8 Å². The average Bonchev–Trinajstić information content (AvgIpc) is 3.48. The molecule has 0 unspecified atom stereocenters. The number of likely N-dealkylation sites (N-methyl/N-ethyl adjacent to an activating group) is 1. The highest BCUT2D eigenvalue weighted by atomic mass is 16.7. The monoisotopic (exact) mass is 786 g/mol. The number of ketones is 1. The number of ether oxygens (including phenoxy) is 6. The summed E-state index contributed by atoms with van der Waals surface area (Å²) >= 11 is 0. The molecule has 13 nitrogen and oxygen atoms in total. The Bertz CT molecular complexity index is 1520. The van der Waals surface area contributed by atoms with Crippen molar-refractivity contribution in [3.8, 4) is 0 Å². The van der Waals surface area contributed by atoms with Gasteiger partial charge in [-0.1, -0.05) is 71.4 Å². The Balaban J connectivity index is 1.84. The first-order valence-electron chi connectivity index (χ1n) is 20.3. The molecule has 1 amide bonds.